The smallest absolute Gasteiger partial charge is 0.251 e. The fraction of sp³-hybridized carbons (Fsp3) is 0.278. The lowest BCUT2D eigenvalue weighted by molar-refractivity contribution is 0.0820. The average Bonchev–Trinajstić information content (AvgIpc) is 2.56. The van der Waals surface area contributed by atoms with E-state index in [1.165, 1.54) is 0 Å². The highest BCUT2D eigenvalue weighted by Crippen LogP contribution is 2.05. The van der Waals surface area contributed by atoms with Crippen molar-refractivity contribution >= 4 is 5.91 Å². The molecule has 0 aliphatic carbocycles. The topological polar surface area (TPSA) is 64.3 Å². The Labute approximate surface area is 131 Å². The Morgan fingerprint density at radius 3 is 2.41 bits per heavy atom. The van der Waals surface area contributed by atoms with Gasteiger partial charge in [-0.15, -0.1) is 0 Å². The molecule has 116 valence electrons. The van der Waals surface area contributed by atoms with Crippen molar-refractivity contribution in [2.24, 2.45) is 5.73 Å². The minimum atomic E-state index is -0.0978. The molecule has 2 aromatic rings. The van der Waals surface area contributed by atoms with Crippen molar-refractivity contribution in [1.82, 2.24) is 5.32 Å². The number of ether oxygens (including phenoxy) is 1. The van der Waals surface area contributed by atoms with Gasteiger partial charge in [-0.1, -0.05) is 42.5 Å². The summed E-state index contributed by atoms with van der Waals surface area (Å²) in [6.45, 7) is 3.43. The predicted molar refractivity (Wildman–Crippen MR) is 87.4 cm³/mol. The summed E-state index contributed by atoms with van der Waals surface area (Å²) in [6, 6.07) is 17.2. The molecule has 0 radical (unpaired) electrons. The minimum Gasteiger partial charge on any atom is -0.375 e. The summed E-state index contributed by atoms with van der Waals surface area (Å²) >= 11 is 0. The van der Waals surface area contributed by atoms with E-state index in [1.807, 2.05) is 49.4 Å². The maximum atomic E-state index is 12.1. The molecule has 0 fully saturated rings. The summed E-state index contributed by atoms with van der Waals surface area (Å²) in [5.41, 5.74) is 8.31. The molecule has 2 aromatic carbocycles. The van der Waals surface area contributed by atoms with E-state index in [2.05, 4.69) is 5.32 Å². The molecule has 22 heavy (non-hydrogen) atoms. The van der Waals surface area contributed by atoms with Crippen molar-refractivity contribution in [3.8, 4) is 0 Å². The molecule has 1 amide bonds. The van der Waals surface area contributed by atoms with Crippen LogP contribution < -0.4 is 11.1 Å². The molecule has 0 heterocycles. The van der Waals surface area contributed by atoms with Crippen molar-refractivity contribution in [3.63, 3.8) is 0 Å². The number of amides is 1. The number of carbonyl (C=O) groups is 1. The number of carbonyl (C=O) groups excluding carboxylic acids is 1. The summed E-state index contributed by atoms with van der Waals surface area (Å²) < 4.78 is 5.62. The first kappa shape index (κ1) is 16.2. The molecule has 4 heteroatoms. The van der Waals surface area contributed by atoms with Gasteiger partial charge in [-0.2, -0.15) is 0 Å². The quantitative estimate of drug-likeness (QED) is 0.825. The molecule has 1 unspecified atom stereocenters. The first-order chi connectivity index (χ1) is 10.7. The van der Waals surface area contributed by atoms with E-state index in [0.29, 0.717) is 25.3 Å². The average molecular weight is 298 g/mol. The molecule has 0 aromatic heterocycles. The molecular formula is C18H22N2O2. The number of hydrogen-bond donors (Lipinski definition) is 2. The lowest BCUT2D eigenvalue weighted by Crippen LogP contribution is -2.35. The largest absolute Gasteiger partial charge is 0.375 e. The zero-order valence-electron chi connectivity index (χ0n) is 12.8. The van der Waals surface area contributed by atoms with Crippen molar-refractivity contribution < 1.29 is 9.53 Å². The van der Waals surface area contributed by atoms with Crippen LogP contribution >= 0.6 is 0 Å². The fourth-order valence-corrected chi connectivity index (χ4v) is 2.07. The molecule has 0 bridgehead atoms. The highest BCUT2D eigenvalue weighted by Gasteiger charge is 2.09. The number of benzene rings is 2. The van der Waals surface area contributed by atoms with Crippen LogP contribution in [0.4, 0.5) is 0 Å². The monoisotopic (exact) mass is 298 g/mol. The van der Waals surface area contributed by atoms with Crippen LogP contribution in [0, 0.1) is 0 Å². The first-order valence-corrected chi connectivity index (χ1v) is 7.40. The van der Waals surface area contributed by atoms with Crippen LogP contribution in [-0.4, -0.2) is 18.6 Å². The molecule has 0 aliphatic rings. The molecule has 0 aliphatic heterocycles. The Hall–Kier alpha value is -2.17. The van der Waals surface area contributed by atoms with E-state index >= 15 is 0 Å². The number of nitrogens with two attached hydrogens (primary N) is 1. The van der Waals surface area contributed by atoms with E-state index < -0.39 is 0 Å². The first-order valence-electron chi connectivity index (χ1n) is 7.40. The number of nitrogens with one attached hydrogen (secondary N) is 1. The summed E-state index contributed by atoms with van der Waals surface area (Å²) in [5.74, 6) is -0.0978. The van der Waals surface area contributed by atoms with Gasteiger partial charge in [0.1, 0.15) is 0 Å². The molecule has 2 rings (SSSR count). The van der Waals surface area contributed by atoms with E-state index in [9.17, 15) is 4.79 Å². The zero-order chi connectivity index (χ0) is 15.8. The fourth-order valence-electron chi connectivity index (χ4n) is 2.07. The second-order valence-corrected chi connectivity index (χ2v) is 5.28. The SMILES string of the molecule is CC(COCc1ccccc1)NC(=O)c1ccc(CN)cc1. The Kier molecular flexibility index (Phi) is 6.13. The third kappa shape index (κ3) is 4.98. The van der Waals surface area contributed by atoms with Gasteiger partial charge >= 0.3 is 0 Å². The van der Waals surface area contributed by atoms with Gasteiger partial charge < -0.3 is 15.8 Å². The van der Waals surface area contributed by atoms with Crippen LogP contribution in [0.5, 0.6) is 0 Å². The van der Waals surface area contributed by atoms with Gasteiger partial charge in [-0.25, -0.2) is 0 Å². The van der Waals surface area contributed by atoms with E-state index in [4.69, 9.17) is 10.5 Å². The van der Waals surface area contributed by atoms with Crippen molar-refractivity contribution in [2.45, 2.75) is 26.1 Å². The van der Waals surface area contributed by atoms with Crippen molar-refractivity contribution in [3.05, 3.63) is 71.3 Å². The maximum absolute atomic E-state index is 12.1. The van der Waals surface area contributed by atoms with Crippen LogP contribution in [0.2, 0.25) is 0 Å². The lowest BCUT2D eigenvalue weighted by atomic mass is 10.1. The van der Waals surface area contributed by atoms with Gasteiger partial charge in [0, 0.05) is 18.2 Å². The summed E-state index contributed by atoms with van der Waals surface area (Å²) in [5, 5.41) is 2.92. The molecule has 4 nitrogen and oxygen atoms in total. The summed E-state index contributed by atoms with van der Waals surface area (Å²) in [6.07, 6.45) is 0. The molecule has 0 saturated heterocycles. The second-order valence-electron chi connectivity index (χ2n) is 5.28. The molecule has 1 atom stereocenters. The highest BCUT2D eigenvalue weighted by molar-refractivity contribution is 5.94. The predicted octanol–water partition coefficient (Wildman–Crippen LogP) is 2.48. The van der Waals surface area contributed by atoms with Gasteiger partial charge in [-0.05, 0) is 30.2 Å². The van der Waals surface area contributed by atoms with Gasteiger partial charge in [0.25, 0.3) is 5.91 Å². The third-order valence-corrected chi connectivity index (χ3v) is 3.31. The van der Waals surface area contributed by atoms with Gasteiger partial charge in [0.05, 0.1) is 13.2 Å². The van der Waals surface area contributed by atoms with Gasteiger partial charge in [0.15, 0.2) is 0 Å². The van der Waals surface area contributed by atoms with Crippen molar-refractivity contribution in [1.29, 1.82) is 0 Å². The van der Waals surface area contributed by atoms with E-state index in [0.717, 1.165) is 11.1 Å². The van der Waals surface area contributed by atoms with Crippen molar-refractivity contribution in [2.75, 3.05) is 6.61 Å². The standard InChI is InChI=1S/C18H22N2O2/c1-14(12-22-13-16-5-3-2-4-6-16)20-18(21)17-9-7-15(11-19)8-10-17/h2-10,14H,11-13,19H2,1H3,(H,20,21). The van der Waals surface area contributed by atoms with E-state index in [-0.39, 0.29) is 11.9 Å². The number of rotatable bonds is 7. The highest BCUT2D eigenvalue weighted by atomic mass is 16.5. The third-order valence-electron chi connectivity index (χ3n) is 3.31. The second kappa shape index (κ2) is 8.32. The van der Waals surface area contributed by atoms with Crippen LogP contribution in [0.15, 0.2) is 54.6 Å². The molecule has 3 N–H and O–H groups in total. The van der Waals surface area contributed by atoms with E-state index in [1.54, 1.807) is 12.1 Å². The van der Waals surface area contributed by atoms with Gasteiger partial charge in [0.2, 0.25) is 0 Å². The van der Waals surface area contributed by atoms with Crippen LogP contribution in [-0.2, 0) is 17.9 Å². The molecular weight excluding hydrogens is 276 g/mol. The Bertz CT molecular complexity index is 582. The van der Waals surface area contributed by atoms with Crippen LogP contribution in [0.3, 0.4) is 0 Å². The van der Waals surface area contributed by atoms with Crippen LogP contribution in [0.1, 0.15) is 28.4 Å². The van der Waals surface area contributed by atoms with Crippen LogP contribution in [0.25, 0.3) is 0 Å². The Morgan fingerprint density at radius 2 is 1.77 bits per heavy atom. The Balaban J connectivity index is 1.76. The summed E-state index contributed by atoms with van der Waals surface area (Å²) in [7, 11) is 0. The van der Waals surface area contributed by atoms with Gasteiger partial charge in [-0.3, -0.25) is 4.79 Å². The maximum Gasteiger partial charge on any atom is 0.251 e. The minimum absolute atomic E-state index is 0.0506. The molecule has 0 spiro atoms. The Morgan fingerprint density at radius 1 is 1.09 bits per heavy atom. The lowest BCUT2D eigenvalue weighted by Gasteiger charge is -2.14. The molecule has 0 saturated carbocycles. The zero-order valence-corrected chi connectivity index (χ0v) is 12.8. The number of hydrogen-bond acceptors (Lipinski definition) is 3. The normalized spacial score (nSPS) is 11.9. The summed E-state index contributed by atoms with van der Waals surface area (Å²) in [4.78, 5) is 12.1.